The van der Waals surface area contributed by atoms with Crippen LogP contribution in [0.25, 0.3) is 16.9 Å². The Labute approximate surface area is 155 Å². The van der Waals surface area contributed by atoms with E-state index in [-0.39, 0.29) is 11.8 Å². The van der Waals surface area contributed by atoms with Crippen LogP contribution in [0.3, 0.4) is 0 Å². The fourth-order valence-electron chi connectivity index (χ4n) is 2.45. The lowest BCUT2D eigenvalue weighted by atomic mass is 10.1. The van der Waals surface area contributed by atoms with Crippen LogP contribution in [0.5, 0.6) is 5.88 Å². The predicted octanol–water partition coefficient (Wildman–Crippen LogP) is 1.89. The second-order valence-electron chi connectivity index (χ2n) is 5.64. The highest BCUT2D eigenvalue weighted by molar-refractivity contribution is 5.93. The fourth-order valence-corrected chi connectivity index (χ4v) is 2.45. The maximum Gasteiger partial charge on any atom is 0.252 e. The van der Waals surface area contributed by atoms with Gasteiger partial charge in [0.25, 0.3) is 5.91 Å². The highest BCUT2D eigenvalue weighted by atomic mass is 16.5. The lowest BCUT2D eigenvalue weighted by Crippen LogP contribution is -2.27. The normalized spacial score (nSPS) is 10.4. The number of rotatable bonds is 6. The van der Waals surface area contributed by atoms with Crippen LogP contribution in [0.2, 0.25) is 0 Å². The van der Waals surface area contributed by atoms with Gasteiger partial charge < -0.3 is 15.2 Å². The van der Waals surface area contributed by atoms with Crippen LogP contribution in [-0.4, -0.2) is 46.0 Å². The fraction of sp³-hybridized carbons (Fsp3) is 0.158. The van der Waals surface area contributed by atoms with E-state index >= 15 is 0 Å². The first-order valence-electron chi connectivity index (χ1n) is 8.15. The molecule has 27 heavy (non-hydrogen) atoms. The third kappa shape index (κ3) is 3.94. The molecular formula is C19H17N5O3. The van der Waals surface area contributed by atoms with E-state index in [9.17, 15) is 9.90 Å². The lowest BCUT2D eigenvalue weighted by molar-refractivity contribution is 0.0936. The molecule has 0 saturated carbocycles. The smallest absolute Gasteiger partial charge is 0.252 e. The largest absolute Gasteiger partial charge is 0.493 e. The Bertz CT molecular complexity index is 972. The van der Waals surface area contributed by atoms with Crippen LogP contribution in [0.4, 0.5) is 0 Å². The number of carbonyl (C=O) groups excluding carboxylic acids is 1. The number of aromatic nitrogens is 3. The average Bonchev–Trinajstić information content (AvgIpc) is 3.09. The third-order valence-electron chi connectivity index (χ3n) is 3.89. The highest BCUT2D eigenvalue weighted by Gasteiger charge is 2.14. The Hall–Kier alpha value is -3.70. The second kappa shape index (κ2) is 8.12. The summed E-state index contributed by atoms with van der Waals surface area (Å²) in [6.45, 7) is 0.835. The molecule has 1 amide bonds. The number of nitrogens with zero attached hydrogens (tertiary/aromatic N) is 4. The lowest BCUT2D eigenvalue weighted by Gasteiger charge is -2.06. The molecule has 0 unspecified atom stereocenters. The van der Waals surface area contributed by atoms with E-state index < -0.39 is 0 Å². The molecule has 2 aromatic heterocycles. The average molecular weight is 363 g/mol. The zero-order chi connectivity index (χ0) is 19.2. The molecule has 136 valence electrons. The number of amides is 1. The predicted molar refractivity (Wildman–Crippen MR) is 97.4 cm³/mol. The van der Waals surface area contributed by atoms with Crippen LogP contribution in [0, 0.1) is 11.3 Å². The molecule has 3 aromatic rings. The number of benzene rings is 1. The quantitative estimate of drug-likeness (QED) is 0.647. The van der Waals surface area contributed by atoms with Crippen molar-refractivity contribution in [1.82, 2.24) is 20.1 Å². The number of hydrogen-bond donors (Lipinski definition) is 2. The molecule has 0 bridgehead atoms. The molecule has 1 aromatic carbocycles. The van der Waals surface area contributed by atoms with Crippen molar-refractivity contribution in [3.63, 3.8) is 0 Å². The van der Waals surface area contributed by atoms with Gasteiger partial charge >= 0.3 is 0 Å². The summed E-state index contributed by atoms with van der Waals surface area (Å²) in [7, 11) is 1.56. The van der Waals surface area contributed by atoms with E-state index in [4.69, 9.17) is 10.00 Å². The van der Waals surface area contributed by atoms with Gasteiger partial charge in [0.05, 0.1) is 35.6 Å². The molecule has 0 aliphatic rings. The number of pyridine rings is 1. The molecule has 0 atom stereocenters. The van der Waals surface area contributed by atoms with Gasteiger partial charge in [-0.15, -0.1) is 0 Å². The van der Waals surface area contributed by atoms with Crippen molar-refractivity contribution in [3.8, 4) is 28.9 Å². The van der Waals surface area contributed by atoms with E-state index in [0.29, 0.717) is 35.7 Å². The molecule has 0 aliphatic heterocycles. The van der Waals surface area contributed by atoms with E-state index in [2.05, 4.69) is 15.4 Å². The van der Waals surface area contributed by atoms with E-state index in [1.54, 1.807) is 43.5 Å². The molecule has 2 N–H and O–H groups in total. The van der Waals surface area contributed by atoms with Gasteiger partial charge in [0.1, 0.15) is 0 Å². The third-order valence-corrected chi connectivity index (χ3v) is 3.89. The molecule has 0 saturated heterocycles. The summed E-state index contributed by atoms with van der Waals surface area (Å²) >= 11 is 0. The molecular weight excluding hydrogens is 346 g/mol. The van der Waals surface area contributed by atoms with Gasteiger partial charge in [0.2, 0.25) is 5.88 Å². The van der Waals surface area contributed by atoms with Crippen molar-refractivity contribution in [2.45, 2.75) is 0 Å². The molecule has 8 nitrogen and oxygen atoms in total. The van der Waals surface area contributed by atoms with Crippen molar-refractivity contribution < 1.29 is 14.6 Å². The van der Waals surface area contributed by atoms with Gasteiger partial charge in [-0.2, -0.15) is 15.0 Å². The van der Waals surface area contributed by atoms with Gasteiger partial charge in [-0.25, -0.2) is 4.98 Å². The summed E-state index contributed by atoms with van der Waals surface area (Å²) in [5, 5.41) is 26.2. The SMILES string of the molecule is COCCNC(=O)c1ccc(-n2ncc(-c3ccc(C#N)cc3)c2O)nc1. The summed E-state index contributed by atoms with van der Waals surface area (Å²) < 4.78 is 6.16. The number of nitrogens with one attached hydrogen (secondary N) is 1. The Balaban J connectivity index is 1.80. The summed E-state index contributed by atoms with van der Waals surface area (Å²) in [6, 6.07) is 12.1. The maximum absolute atomic E-state index is 12.0. The Morgan fingerprint density at radius 2 is 2.04 bits per heavy atom. The van der Waals surface area contributed by atoms with E-state index in [1.165, 1.54) is 17.1 Å². The van der Waals surface area contributed by atoms with Crippen molar-refractivity contribution in [3.05, 3.63) is 59.9 Å². The van der Waals surface area contributed by atoms with Crippen LogP contribution in [-0.2, 0) is 4.74 Å². The van der Waals surface area contributed by atoms with Gasteiger partial charge in [0.15, 0.2) is 5.82 Å². The van der Waals surface area contributed by atoms with Crippen LogP contribution < -0.4 is 5.32 Å². The minimum Gasteiger partial charge on any atom is -0.493 e. The first-order chi connectivity index (χ1) is 13.1. The number of methoxy groups -OCH3 is 1. The van der Waals surface area contributed by atoms with Crippen molar-refractivity contribution in [1.29, 1.82) is 5.26 Å². The van der Waals surface area contributed by atoms with E-state index in [0.717, 1.165) is 5.56 Å². The summed E-state index contributed by atoms with van der Waals surface area (Å²) in [4.78, 5) is 16.2. The standard InChI is InChI=1S/C19H17N5O3/c1-27-9-8-21-18(25)15-6-7-17(22-11-15)24-19(26)16(12-23-24)14-4-2-13(10-20)3-5-14/h2-7,11-12,26H,8-9H2,1H3,(H,21,25). The number of nitriles is 1. The van der Waals surface area contributed by atoms with Gasteiger partial charge in [-0.1, -0.05) is 12.1 Å². The topological polar surface area (TPSA) is 113 Å². The number of hydrogen-bond acceptors (Lipinski definition) is 6. The van der Waals surface area contributed by atoms with Gasteiger partial charge in [0, 0.05) is 19.9 Å². The molecule has 2 heterocycles. The van der Waals surface area contributed by atoms with Crippen LogP contribution in [0.1, 0.15) is 15.9 Å². The minimum atomic E-state index is -0.256. The zero-order valence-electron chi connectivity index (χ0n) is 14.6. The second-order valence-corrected chi connectivity index (χ2v) is 5.64. The molecule has 0 fully saturated rings. The Morgan fingerprint density at radius 3 is 2.67 bits per heavy atom. The summed E-state index contributed by atoms with van der Waals surface area (Å²) in [6.07, 6.45) is 2.93. The highest BCUT2D eigenvalue weighted by Crippen LogP contribution is 2.30. The van der Waals surface area contributed by atoms with E-state index in [1.807, 2.05) is 6.07 Å². The van der Waals surface area contributed by atoms with Crippen molar-refractivity contribution in [2.24, 2.45) is 0 Å². The maximum atomic E-state index is 12.0. The van der Waals surface area contributed by atoms with Gasteiger partial charge in [-0.05, 0) is 29.8 Å². The minimum absolute atomic E-state index is 0.0792. The summed E-state index contributed by atoms with van der Waals surface area (Å²) in [5.41, 5.74) is 2.18. The molecule has 0 radical (unpaired) electrons. The monoisotopic (exact) mass is 363 g/mol. The molecule has 0 aliphatic carbocycles. The first-order valence-corrected chi connectivity index (χ1v) is 8.15. The number of ether oxygens (including phenoxy) is 1. The molecule has 0 spiro atoms. The first kappa shape index (κ1) is 18.1. The Kier molecular flexibility index (Phi) is 5.44. The Morgan fingerprint density at radius 1 is 1.26 bits per heavy atom. The van der Waals surface area contributed by atoms with Crippen LogP contribution >= 0.6 is 0 Å². The zero-order valence-corrected chi connectivity index (χ0v) is 14.6. The number of carbonyl (C=O) groups is 1. The summed E-state index contributed by atoms with van der Waals surface area (Å²) in [5.74, 6) is 0.0411. The van der Waals surface area contributed by atoms with Crippen molar-refractivity contribution in [2.75, 3.05) is 20.3 Å². The van der Waals surface area contributed by atoms with Crippen molar-refractivity contribution >= 4 is 5.91 Å². The molecule has 3 rings (SSSR count). The number of aromatic hydroxyl groups is 1. The van der Waals surface area contributed by atoms with Gasteiger partial charge in [-0.3, -0.25) is 4.79 Å². The molecule has 8 heteroatoms. The van der Waals surface area contributed by atoms with Crippen LogP contribution in [0.15, 0.2) is 48.8 Å².